The molecule has 0 saturated heterocycles. The van der Waals surface area contributed by atoms with Crippen molar-refractivity contribution in [3.8, 4) is 11.8 Å². The summed E-state index contributed by atoms with van der Waals surface area (Å²) in [5.74, 6) is 0.114. The molecular weight excluding hydrogens is 430 g/mol. The summed E-state index contributed by atoms with van der Waals surface area (Å²) in [6, 6.07) is 11.3. The van der Waals surface area contributed by atoms with E-state index in [-0.39, 0.29) is 53.5 Å². The number of rotatable bonds is 8. The fraction of sp³-hybridized carbons (Fsp3) is 0.667. The number of carbonyl (C=O) groups is 2. The van der Waals surface area contributed by atoms with E-state index in [1.807, 2.05) is 37.3 Å². The van der Waals surface area contributed by atoms with Crippen molar-refractivity contribution >= 4 is 11.8 Å². The highest BCUT2D eigenvalue weighted by atomic mass is 16.5. The maximum absolute atomic E-state index is 12.9. The average molecular weight is 470 g/mol. The Morgan fingerprint density at radius 3 is 2.65 bits per heavy atom. The molecule has 2 aliphatic rings. The fourth-order valence-corrected chi connectivity index (χ4v) is 6.27. The van der Waals surface area contributed by atoms with Gasteiger partial charge in [-0.3, -0.25) is 9.59 Å². The van der Waals surface area contributed by atoms with E-state index >= 15 is 0 Å². The molecule has 186 valence electrons. The predicted molar refractivity (Wildman–Crippen MR) is 130 cm³/mol. The maximum atomic E-state index is 12.9. The van der Waals surface area contributed by atoms with Crippen molar-refractivity contribution in [1.29, 1.82) is 5.26 Å². The van der Waals surface area contributed by atoms with Crippen molar-refractivity contribution < 1.29 is 19.4 Å². The SMILES string of the molecule is C[C@H]1[C@@H]2[C@@H](O)[C@H]([C@H](C)C(=O)N(C)CCC#N)CC[C@@]2(C)CC[C@@H]1NC(=O)COc1ccccc1. The van der Waals surface area contributed by atoms with Crippen molar-refractivity contribution in [2.24, 2.45) is 29.1 Å². The summed E-state index contributed by atoms with van der Waals surface area (Å²) in [5.41, 5.74) is -0.00736. The standard InChI is InChI=1S/C27H39N3O4/c1-18(26(33)30(4)16-8-15-28)21-11-13-27(3)14-12-22(19(2)24(27)25(21)32)29-23(31)17-34-20-9-6-5-7-10-20/h5-7,9-10,18-19,21-22,24-25,32H,8,11-14,16-17H2,1-4H3,(H,29,31)/t18-,19+,21-,22-,24+,25-,27-/m0/s1. The topological polar surface area (TPSA) is 103 Å². The second-order valence-corrected chi connectivity index (χ2v) is 10.5. The van der Waals surface area contributed by atoms with Crippen LogP contribution in [0.4, 0.5) is 0 Å². The fourth-order valence-electron chi connectivity index (χ4n) is 6.27. The molecule has 0 radical (unpaired) electrons. The summed E-state index contributed by atoms with van der Waals surface area (Å²) in [5, 5.41) is 23.5. The molecule has 0 aromatic heterocycles. The van der Waals surface area contributed by atoms with Gasteiger partial charge in [-0.2, -0.15) is 5.26 Å². The van der Waals surface area contributed by atoms with Crippen LogP contribution in [0.2, 0.25) is 0 Å². The van der Waals surface area contributed by atoms with E-state index in [1.165, 1.54) is 0 Å². The van der Waals surface area contributed by atoms with Crippen LogP contribution in [-0.2, 0) is 9.59 Å². The van der Waals surface area contributed by atoms with E-state index in [0.717, 1.165) is 25.7 Å². The molecule has 0 aliphatic heterocycles. The van der Waals surface area contributed by atoms with Crippen LogP contribution in [0.15, 0.2) is 30.3 Å². The molecule has 7 nitrogen and oxygen atoms in total. The molecule has 2 saturated carbocycles. The molecule has 34 heavy (non-hydrogen) atoms. The lowest BCUT2D eigenvalue weighted by atomic mass is 9.51. The summed E-state index contributed by atoms with van der Waals surface area (Å²) >= 11 is 0. The summed E-state index contributed by atoms with van der Waals surface area (Å²) in [4.78, 5) is 27.2. The molecule has 0 unspecified atom stereocenters. The summed E-state index contributed by atoms with van der Waals surface area (Å²) < 4.78 is 5.59. The van der Waals surface area contributed by atoms with Gasteiger partial charge in [0.05, 0.1) is 18.6 Å². The van der Waals surface area contributed by atoms with E-state index in [9.17, 15) is 14.7 Å². The van der Waals surface area contributed by atoms with Crippen LogP contribution in [0, 0.1) is 40.4 Å². The van der Waals surface area contributed by atoms with Crippen LogP contribution >= 0.6 is 0 Å². The Kier molecular flexibility index (Phi) is 8.59. The number of ether oxygens (including phenoxy) is 1. The lowest BCUT2D eigenvalue weighted by Crippen LogP contribution is -2.59. The van der Waals surface area contributed by atoms with Crippen LogP contribution in [0.25, 0.3) is 0 Å². The van der Waals surface area contributed by atoms with Crippen molar-refractivity contribution in [2.75, 3.05) is 20.2 Å². The van der Waals surface area contributed by atoms with Gasteiger partial charge in [-0.1, -0.05) is 39.0 Å². The first-order valence-electron chi connectivity index (χ1n) is 12.4. The van der Waals surface area contributed by atoms with Gasteiger partial charge in [0, 0.05) is 25.6 Å². The first-order chi connectivity index (χ1) is 16.2. The monoisotopic (exact) mass is 469 g/mol. The predicted octanol–water partition coefficient (Wildman–Crippen LogP) is 3.38. The van der Waals surface area contributed by atoms with Crippen molar-refractivity contribution in [3.63, 3.8) is 0 Å². The Bertz CT molecular complexity index is 886. The van der Waals surface area contributed by atoms with Gasteiger partial charge in [-0.15, -0.1) is 0 Å². The number of fused-ring (bicyclic) bond motifs is 1. The number of hydrogen-bond acceptors (Lipinski definition) is 5. The lowest BCUT2D eigenvalue weighted by molar-refractivity contribution is -0.150. The zero-order chi connectivity index (χ0) is 24.9. The minimum atomic E-state index is -0.614. The maximum Gasteiger partial charge on any atom is 0.258 e. The Morgan fingerprint density at radius 1 is 1.29 bits per heavy atom. The molecule has 1 aromatic rings. The molecule has 3 rings (SSSR count). The van der Waals surface area contributed by atoms with E-state index in [4.69, 9.17) is 10.00 Å². The van der Waals surface area contributed by atoms with Crippen molar-refractivity contribution in [3.05, 3.63) is 30.3 Å². The quantitative estimate of drug-likeness (QED) is 0.608. The number of amides is 2. The lowest BCUT2D eigenvalue weighted by Gasteiger charge is -2.56. The van der Waals surface area contributed by atoms with E-state index < -0.39 is 6.10 Å². The molecule has 2 fully saturated rings. The number of nitrogens with one attached hydrogen (secondary N) is 1. The Hall–Kier alpha value is -2.59. The van der Waals surface area contributed by atoms with Crippen LogP contribution in [0.5, 0.6) is 5.75 Å². The number of hydrogen-bond donors (Lipinski definition) is 2. The largest absolute Gasteiger partial charge is 0.484 e. The smallest absolute Gasteiger partial charge is 0.258 e. The molecule has 0 bridgehead atoms. The highest BCUT2D eigenvalue weighted by molar-refractivity contribution is 5.79. The van der Waals surface area contributed by atoms with Crippen molar-refractivity contribution in [1.82, 2.24) is 10.2 Å². The van der Waals surface area contributed by atoms with E-state index in [0.29, 0.717) is 18.7 Å². The molecule has 1 aromatic carbocycles. The third kappa shape index (κ3) is 5.72. The van der Waals surface area contributed by atoms with Gasteiger partial charge in [0.2, 0.25) is 5.91 Å². The third-order valence-electron chi connectivity index (χ3n) is 8.31. The van der Waals surface area contributed by atoms with Gasteiger partial charge < -0.3 is 20.1 Å². The highest BCUT2D eigenvalue weighted by Gasteiger charge is 2.54. The summed E-state index contributed by atoms with van der Waals surface area (Å²) in [6.45, 7) is 6.62. The third-order valence-corrected chi connectivity index (χ3v) is 8.31. The number of benzene rings is 1. The highest BCUT2D eigenvalue weighted by Crippen LogP contribution is 2.55. The number of nitriles is 1. The minimum Gasteiger partial charge on any atom is -0.484 e. The summed E-state index contributed by atoms with van der Waals surface area (Å²) in [6.07, 6.45) is 3.25. The molecule has 2 aliphatic carbocycles. The molecule has 7 atom stereocenters. The molecule has 2 N–H and O–H groups in total. The zero-order valence-electron chi connectivity index (χ0n) is 20.9. The first kappa shape index (κ1) is 26.0. The van der Waals surface area contributed by atoms with Crippen LogP contribution in [-0.4, -0.2) is 54.2 Å². The second kappa shape index (κ2) is 11.2. The summed E-state index contributed by atoms with van der Waals surface area (Å²) in [7, 11) is 1.72. The van der Waals surface area contributed by atoms with Crippen molar-refractivity contribution in [2.45, 2.75) is 65.0 Å². The number of aliphatic hydroxyl groups is 1. The average Bonchev–Trinajstić information content (AvgIpc) is 2.83. The van der Waals surface area contributed by atoms with Gasteiger partial charge in [-0.05, 0) is 61.0 Å². The van der Waals surface area contributed by atoms with E-state index in [2.05, 4.69) is 25.2 Å². The van der Waals surface area contributed by atoms with Gasteiger partial charge in [0.1, 0.15) is 5.75 Å². The van der Waals surface area contributed by atoms with Gasteiger partial charge in [0.25, 0.3) is 5.91 Å². The molecule has 0 spiro atoms. The van der Waals surface area contributed by atoms with Crippen LogP contribution in [0.3, 0.4) is 0 Å². The minimum absolute atomic E-state index is 0.00000584. The Balaban J connectivity index is 1.64. The first-order valence-corrected chi connectivity index (χ1v) is 12.4. The molecule has 0 heterocycles. The van der Waals surface area contributed by atoms with Gasteiger partial charge >= 0.3 is 0 Å². The van der Waals surface area contributed by atoms with Gasteiger partial charge in [-0.25, -0.2) is 0 Å². The zero-order valence-corrected chi connectivity index (χ0v) is 20.9. The Morgan fingerprint density at radius 2 is 1.97 bits per heavy atom. The van der Waals surface area contributed by atoms with E-state index in [1.54, 1.807) is 11.9 Å². The van der Waals surface area contributed by atoms with Gasteiger partial charge in [0.15, 0.2) is 6.61 Å². The number of aliphatic hydroxyl groups excluding tert-OH is 1. The van der Waals surface area contributed by atoms with Crippen LogP contribution in [0.1, 0.15) is 52.9 Å². The molecule has 2 amide bonds. The van der Waals surface area contributed by atoms with Crippen LogP contribution < -0.4 is 10.1 Å². The molecule has 7 heteroatoms. The number of nitrogens with zero attached hydrogens (tertiary/aromatic N) is 2. The second-order valence-electron chi connectivity index (χ2n) is 10.5. The number of carbonyl (C=O) groups excluding carboxylic acids is 2. The number of para-hydroxylation sites is 1. The molecular formula is C27H39N3O4. The Labute approximate surface area is 203 Å². The normalized spacial score (nSPS) is 31.5.